The highest BCUT2D eigenvalue weighted by atomic mass is 32.2. The molecule has 1 amide bonds. The maximum Gasteiger partial charge on any atom is 0.408 e. The molecule has 0 aromatic carbocycles. The normalized spacial score (nSPS) is 12.3. The number of carboxylic acids is 1. The van der Waals surface area contributed by atoms with Gasteiger partial charge in [0.25, 0.3) is 0 Å². The molecule has 2 N–H and O–H groups in total. The molecule has 0 aromatic heterocycles. The first kappa shape index (κ1) is 21.8. The fourth-order valence-electron chi connectivity index (χ4n) is 1.41. The van der Waals surface area contributed by atoms with E-state index in [4.69, 9.17) is 14.3 Å². The number of ether oxygens (including phenoxy) is 1. The minimum absolute atomic E-state index is 0.250. The third-order valence-electron chi connectivity index (χ3n) is 2.12. The van der Waals surface area contributed by atoms with Crippen LogP contribution in [0.4, 0.5) is 4.79 Å². The predicted molar refractivity (Wildman–Crippen MR) is 78.0 cm³/mol. The quantitative estimate of drug-likeness (QED) is 0.796. The molecule has 0 heterocycles. The van der Waals surface area contributed by atoms with E-state index >= 15 is 0 Å². The van der Waals surface area contributed by atoms with Gasteiger partial charge in [0.05, 0.1) is 0 Å². The standard InChI is InChI=1S/C12H23NO4S.CO2/c1-7-18-12(5,6)8(9(14)15)13-10(16)17-11(2,3)4;2-1-3/h8H,7H2,1-6H3,(H,13,16)(H,14,15);/t8-;/m1./s1. The Morgan fingerprint density at radius 3 is 1.95 bits per heavy atom. The topological polar surface area (TPSA) is 110 Å². The summed E-state index contributed by atoms with van der Waals surface area (Å²) in [4.78, 5) is 39.1. The number of amides is 1. The zero-order valence-electron chi connectivity index (χ0n) is 13.2. The number of thioether (sulfide) groups is 1. The van der Waals surface area contributed by atoms with Crippen molar-refractivity contribution in [2.75, 3.05) is 5.75 Å². The van der Waals surface area contributed by atoms with Gasteiger partial charge in [-0.15, -0.1) is 0 Å². The number of nitrogens with one attached hydrogen (secondary N) is 1. The summed E-state index contributed by atoms with van der Waals surface area (Å²) in [7, 11) is 0. The van der Waals surface area contributed by atoms with Gasteiger partial charge >= 0.3 is 18.2 Å². The summed E-state index contributed by atoms with van der Waals surface area (Å²) in [5.74, 6) is -0.293. The minimum Gasteiger partial charge on any atom is -0.480 e. The van der Waals surface area contributed by atoms with Gasteiger partial charge < -0.3 is 15.2 Å². The van der Waals surface area contributed by atoms with Crippen LogP contribution < -0.4 is 5.32 Å². The molecule has 0 rings (SSSR count). The molecular weight excluding hydrogens is 298 g/mol. The number of aliphatic carboxylic acids is 1. The summed E-state index contributed by atoms with van der Waals surface area (Å²) in [5.41, 5.74) is -0.644. The zero-order valence-corrected chi connectivity index (χ0v) is 14.0. The van der Waals surface area contributed by atoms with Crippen LogP contribution in [0.5, 0.6) is 0 Å². The highest BCUT2D eigenvalue weighted by Gasteiger charge is 2.37. The lowest BCUT2D eigenvalue weighted by Gasteiger charge is -2.31. The van der Waals surface area contributed by atoms with Crippen LogP contribution in [0.25, 0.3) is 0 Å². The Balaban J connectivity index is 0. The highest BCUT2D eigenvalue weighted by molar-refractivity contribution is 8.00. The highest BCUT2D eigenvalue weighted by Crippen LogP contribution is 2.28. The first-order valence-corrected chi connectivity index (χ1v) is 7.25. The summed E-state index contributed by atoms with van der Waals surface area (Å²) in [5, 5.41) is 11.6. The first-order valence-electron chi connectivity index (χ1n) is 6.26. The molecule has 7 nitrogen and oxygen atoms in total. The Morgan fingerprint density at radius 2 is 1.67 bits per heavy atom. The summed E-state index contributed by atoms with van der Waals surface area (Å²) in [6, 6.07) is -0.989. The van der Waals surface area contributed by atoms with E-state index in [9.17, 15) is 14.7 Å². The van der Waals surface area contributed by atoms with Crippen LogP contribution in [0.3, 0.4) is 0 Å². The number of rotatable bonds is 5. The Morgan fingerprint density at radius 1 is 1.24 bits per heavy atom. The number of carbonyl (C=O) groups excluding carboxylic acids is 3. The molecule has 0 spiro atoms. The van der Waals surface area contributed by atoms with E-state index in [1.54, 1.807) is 34.6 Å². The van der Waals surface area contributed by atoms with Crippen LogP contribution in [-0.4, -0.2) is 45.5 Å². The third kappa shape index (κ3) is 10.9. The maximum atomic E-state index is 11.6. The molecule has 0 aromatic rings. The average molecular weight is 321 g/mol. The Hall–Kier alpha value is -1.53. The molecule has 0 saturated carbocycles. The van der Waals surface area contributed by atoms with Crippen molar-refractivity contribution < 1.29 is 29.0 Å². The van der Waals surface area contributed by atoms with E-state index in [0.29, 0.717) is 0 Å². The first-order chi connectivity index (χ1) is 9.41. The maximum absolute atomic E-state index is 11.6. The third-order valence-corrected chi connectivity index (χ3v) is 3.39. The number of carboxylic acid groups (broad SMARTS) is 1. The molecule has 0 aliphatic heterocycles. The summed E-state index contributed by atoms with van der Waals surface area (Å²) in [6.45, 7) is 10.7. The van der Waals surface area contributed by atoms with Crippen molar-refractivity contribution in [2.45, 2.75) is 57.9 Å². The Bertz CT molecular complexity index is 383. The van der Waals surface area contributed by atoms with Crippen LogP contribution in [0.2, 0.25) is 0 Å². The molecule has 8 heteroatoms. The molecule has 0 unspecified atom stereocenters. The summed E-state index contributed by atoms with van der Waals surface area (Å²) in [6.07, 6.45) is -0.459. The van der Waals surface area contributed by atoms with Crippen molar-refractivity contribution in [3.05, 3.63) is 0 Å². The van der Waals surface area contributed by atoms with Crippen LogP contribution in [0.15, 0.2) is 0 Å². The van der Waals surface area contributed by atoms with Gasteiger partial charge in [-0.2, -0.15) is 21.4 Å². The second-order valence-electron chi connectivity index (χ2n) is 5.54. The summed E-state index contributed by atoms with van der Waals surface area (Å²) >= 11 is 1.48. The van der Waals surface area contributed by atoms with Crippen molar-refractivity contribution in [1.29, 1.82) is 0 Å². The molecule has 122 valence electrons. The lowest BCUT2D eigenvalue weighted by Crippen LogP contribution is -2.53. The molecule has 0 bridgehead atoms. The van der Waals surface area contributed by atoms with Crippen molar-refractivity contribution in [3.8, 4) is 0 Å². The van der Waals surface area contributed by atoms with E-state index in [2.05, 4.69) is 5.32 Å². The lowest BCUT2D eigenvalue weighted by molar-refractivity contribution is -0.191. The van der Waals surface area contributed by atoms with E-state index in [1.165, 1.54) is 11.8 Å². The van der Waals surface area contributed by atoms with Gasteiger partial charge in [0, 0.05) is 4.75 Å². The van der Waals surface area contributed by atoms with Gasteiger partial charge in [-0.25, -0.2) is 9.59 Å². The van der Waals surface area contributed by atoms with E-state index in [1.807, 2.05) is 6.92 Å². The lowest BCUT2D eigenvalue weighted by atomic mass is 10.0. The average Bonchev–Trinajstić information content (AvgIpc) is 2.23. The van der Waals surface area contributed by atoms with E-state index in [0.717, 1.165) is 5.75 Å². The number of carbonyl (C=O) groups is 2. The molecule has 21 heavy (non-hydrogen) atoms. The van der Waals surface area contributed by atoms with Crippen molar-refractivity contribution >= 4 is 30.0 Å². The molecule has 1 atom stereocenters. The number of alkyl carbamates (subject to hydrolysis) is 1. The SMILES string of the molecule is CCSC(C)(C)[C@H](NC(=O)OC(C)(C)C)C(=O)O.O=C=O. The van der Waals surface area contributed by atoms with E-state index in [-0.39, 0.29) is 6.15 Å². The second-order valence-corrected chi connectivity index (χ2v) is 7.46. The van der Waals surface area contributed by atoms with Gasteiger partial charge in [-0.3, -0.25) is 0 Å². The second kappa shape index (κ2) is 9.41. The van der Waals surface area contributed by atoms with Crippen molar-refractivity contribution in [3.63, 3.8) is 0 Å². The van der Waals surface area contributed by atoms with Crippen molar-refractivity contribution in [1.82, 2.24) is 5.32 Å². The van der Waals surface area contributed by atoms with Crippen LogP contribution in [0, 0.1) is 0 Å². The largest absolute Gasteiger partial charge is 0.480 e. The minimum atomic E-state index is -1.06. The van der Waals surface area contributed by atoms with Gasteiger partial charge in [0.1, 0.15) is 11.6 Å². The fourth-order valence-corrected chi connectivity index (χ4v) is 2.48. The van der Waals surface area contributed by atoms with Crippen LogP contribution in [-0.2, 0) is 19.1 Å². The molecular formula is C13H23NO6S. The Kier molecular flexibility index (Phi) is 9.76. The zero-order chi connectivity index (χ0) is 17.3. The van der Waals surface area contributed by atoms with Crippen molar-refractivity contribution in [2.24, 2.45) is 0 Å². The van der Waals surface area contributed by atoms with Gasteiger partial charge in [-0.1, -0.05) is 6.92 Å². The summed E-state index contributed by atoms with van der Waals surface area (Å²) < 4.78 is 4.47. The van der Waals surface area contributed by atoms with E-state index < -0.39 is 28.5 Å². The van der Waals surface area contributed by atoms with Gasteiger partial charge in [0.2, 0.25) is 0 Å². The molecule has 0 fully saturated rings. The number of hydrogen-bond donors (Lipinski definition) is 2. The fraction of sp³-hybridized carbons (Fsp3) is 0.769. The Labute approximate surface area is 128 Å². The van der Waals surface area contributed by atoms with Gasteiger partial charge in [0.15, 0.2) is 0 Å². The molecule has 0 aliphatic carbocycles. The monoisotopic (exact) mass is 321 g/mol. The molecule has 0 saturated heterocycles. The molecule has 0 radical (unpaired) electrons. The number of hydrogen-bond acceptors (Lipinski definition) is 6. The predicted octanol–water partition coefficient (Wildman–Crippen LogP) is 1.91. The smallest absolute Gasteiger partial charge is 0.408 e. The van der Waals surface area contributed by atoms with Gasteiger partial charge in [-0.05, 0) is 40.4 Å². The van der Waals surface area contributed by atoms with Crippen LogP contribution >= 0.6 is 11.8 Å². The van der Waals surface area contributed by atoms with Crippen LogP contribution in [0.1, 0.15) is 41.5 Å². The molecule has 0 aliphatic rings.